The van der Waals surface area contributed by atoms with Gasteiger partial charge in [0.1, 0.15) is 0 Å². The number of amides is 1. The minimum atomic E-state index is -0.680. The number of esters is 1. The standard InChI is InChI=1S/C53H105NO5/c1-3-5-7-9-11-13-15-16-17-18-19-20-21-22-23-24-25-27-29-33-37-41-45-51(56)50(49-55)54-52(57)46-42-38-34-30-28-32-36-40-44-48-59-53(58)47-43-39-35-31-26-14-12-10-8-6-4-2/h50-51,55-56H,3-49H2,1-2H3,(H,54,57). The summed E-state index contributed by atoms with van der Waals surface area (Å²) in [5, 5.41) is 23.3. The van der Waals surface area contributed by atoms with Gasteiger partial charge in [-0.05, 0) is 25.7 Å². The Kier molecular flexibility index (Phi) is 48.6. The van der Waals surface area contributed by atoms with E-state index in [1.54, 1.807) is 0 Å². The molecule has 6 heteroatoms. The number of hydrogen-bond acceptors (Lipinski definition) is 5. The summed E-state index contributed by atoms with van der Waals surface area (Å²) in [6.07, 6.45) is 55.1. The molecule has 0 aromatic carbocycles. The number of rotatable bonds is 50. The number of hydrogen-bond donors (Lipinski definition) is 3. The van der Waals surface area contributed by atoms with Crippen molar-refractivity contribution in [1.29, 1.82) is 0 Å². The lowest BCUT2D eigenvalue weighted by Crippen LogP contribution is -2.45. The second kappa shape index (κ2) is 49.5. The number of ether oxygens (including phenoxy) is 1. The van der Waals surface area contributed by atoms with Gasteiger partial charge in [0.05, 0.1) is 25.4 Å². The Bertz CT molecular complexity index is 837. The fourth-order valence-corrected chi connectivity index (χ4v) is 8.52. The summed E-state index contributed by atoms with van der Waals surface area (Å²) in [7, 11) is 0. The highest BCUT2D eigenvalue weighted by Gasteiger charge is 2.20. The highest BCUT2D eigenvalue weighted by Crippen LogP contribution is 2.17. The van der Waals surface area contributed by atoms with E-state index in [0.29, 0.717) is 25.9 Å². The van der Waals surface area contributed by atoms with Crippen molar-refractivity contribution in [3.63, 3.8) is 0 Å². The molecule has 2 atom stereocenters. The fourth-order valence-electron chi connectivity index (χ4n) is 8.52. The molecule has 0 aliphatic carbocycles. The molecule has 0 fully saturated rings. The average molecular weight is 836 g/mol. The predicted molar refractivity (Wildman–Crippen MR) is 255 cm³/mol. The summed E-state index contributed by atoms with van der Waals surface area (Å²) in [5.41, 5.74) is 0. The molecule has 59 heavy (non-hydrogen) atoms. The average Bonchev–Trinajstić information content (AvgIpc) is 3.24. The molecular weight excluding hydrogens is 731 g/mol. The number of nitrogens with one attached hydrogen (secondary N) is 1. The zero-order chi connectivity index (χ0) is 43.0. The van der Waals surface area contributed by atoms with Crippen LogP contribution in [-0.4, -0.2) is 47.4 Å². The highest BCUT2D eigenvalue weighted by atomic mass is 16.5. The zero-order valence-electron chi connectivity index (χ0n) is 40.0. The van der Waals surface area contributed by atoms with Crippen molar-refractivity contribution in [2.45, 2.75) is 315 Å². The Labute approximate surface area is 368 Å². The molecule has 2 unspecified atom stereocenters. The second-order valence-electron chi connectivity index (χ2n) is 18.6. The molecule has 0 aromatic heterocycles. The Morgan fingerprint density at radius 1 is 0.407 bits per heavy atom. The number of carbonyl (C=O) groups excluding carboxylic acids is 2. The van der Waals surface area contributed by atoms with Gasteiger partial charge in [-0.1, -0.05) is 264 Å². The third kappa shape index (κ3) is 46.2. The minimum Gasteiger partial charge on any atom is -0.466 e. The van der Waals surface area contributed by atoms with E-state index < -0.39 is 12.1 Å². The summed E-state index contributed by atoms with van der Waals surface area (Å²) in [5.74, 6) is -0.0826. The van der Waals surface area contributed by atoms with Gasteiger partial charge < -0.3 is 20.3 Å². The van der Waals surface area contributed by atoms with Crippen LogP contribution in [0.3, 0.4) is 0 Å². The summed E-state index contributed by atoms with van der Waals surface area (Å²) >= 11 is 0. The van der Waals surface area contributed by atoms with Crippen LogP contribution in [-0.2, 0) is 14.3 Å². The largest absolute Gasteiger partial charge is 0.466 e. The van der Waals surface area contributed by atoms with Crippen LogP contribution in [0.15, 0.2) is 0 Å². The van der Waals surface area contributed by atoms with Gasteiger partial charge in [0.15, 0.2) is 0 Å². The smallest absolute Gasteiger partial charge is 0.305 e. The van der Waals surface area contributed by atoms with Gasteiger partial charge in [-0.25, -0.2) is 0 Å². The first-order chi connectivity index (χ1) is 29.0. The Morgan fingerprint density at radius 2 is 0.695 bits per heavy atom. The van der Waals surface area contributed by atoms with Crippen molar-refractivity contribution in [1.82, 2.24) is 5.32 Å². The number of aliphatic hydroxyl groups excluding tert-OH is 2. The molecule has 0 saturated heterocycles. The lowest BCUT2D eigenvalue weighted by molar-refractivity contribution is -0.143. The molecule has 0 saturated carbocycles. The molecule has 0 bridgehead atoms. The molecule has 0 aromatic rings. The predicted octanol–water partition coefficient (Wildman–Crippen LogP) is 16.0. The number of carbonyl (C=O) groups is 2. The molecule has 1 amide bonds. The van der Waals surface area contributed by atoms with Crippen LogP contribution >= 0.6 is 0 Å². The first-order valence-corrected chi connectivity index (χ1v) is 26.8. The van der Waals surface area contributed by atoms with Crippen molar-refractivity contribution in [3.8, 4) is 0 Å². The van der Waals surface area contributed by atoms with E-state index in [4.69, 9.17) is 4.74 Å². The highest BCUT2D eigenvalue weighted by molar-refractivity contribution is 5.76. The van der Waals surface area contributed by atoms with Crippen LogP contribution in [0.2, 0.25) is 0 Å². The van der Waals surface area contributed by atoms with Crippen molar-refractivity contribution in [3.05, 3.63) is 0 Å². The quantitative estimate of drug-likeness (QED) is 0.0419. The summed E-state index contributed by atoms with van der Waals surface area (Å²) in [6.45, 7) is 4.91. The maximum Gasteiger partial charge on any atom is 0.305 e. The third-order valence-corrected chi connectivity index (χ3v) is 12.7. The van der Waals surface area contributed by atoms with Crippen LogP contribution in [0.1, 0.15) is 303 Å². The van der Waals surface area contributed by atoms with Crippen LogP contribution in [0.25, 0.3) is 0 Å². The van der Waals surface area contributed by atoms with Crippen molar-refractivity contribution in [2.24, 2.45) is 0 Å². The van der Waals surface area contributed by atoms with E-state index in [2.05, 4.69) is 19.2 Å². The summed E-state index contributed by atoms with van der Waals surface area (Å²) < 4.78 is 5.44. The van der Waals surface area contributed by atoms with Gasteiger partial charge in [0, 0.05) is 12.8 Å². The molecule has 0 heterocycles. The lowest BCUT2D eigenvalue weighted by atomic mass is 10.0. The monoisotopic (exact) mass is 836 g/mol. The van der Waals surface area contributed by atoms with E-state index in [1.165, 1.54) is 212 Å². The first-order valence-electron chi connectivity index (χ1n) is 26.8. The molecule has 3 N–H and O–H groups in total. The van der Waals surface area contributed by atoms with Crippen LogP contribution in [0.5, 0.6) is 0 Å². The van der Waals surface area contributed by atoms with Crippen LogP contribution < -0.4 is 5.32 Å². The Hall–Kier alpha value is -1.14. The maximum atomic E-state index is 12.5. The molecule has 352 valence electrons. The van der Waals surface area contributed by atoms with E-state index in [9.17, 15) is 19.8 Å². The Balaban J connectivity index is 3.47. The molecule has 0 spiro atoms. The zero-order valence-corrected chi connectivity index (χ0v) is 40.0. The van der Waals surface area contributed by atoms with E-state index in [0.717, 1.165) is 57.8 Å². The maximum absolute atomic E-state index is 12.5. The minimum absolute atomic E-state index is 0.0240. The SMILES string of the molecule is CCCCCCCCCCCCCCCCCCCCCCCCC(O)C(CO)NC(=O)CCCCCCCCCCCOC(=O)CCCCCCCCCCCCC. The van der Waals surface area contributed by atoms with Gasteiger partial charge in [-0.3, -0.25) is 9.59 Å². The van der Waals surface area contributed by atoms with Crippen molar-refractivity contribution >= 4 is 11.9 Å². The van der Waals surface area contributed by atoms with Gasteiger partial charge in [0.25, 0.3) is 0 Å². The number of aliphatic hydroxyl groups is 2. The van der Waals surface area contributed by atoms with E-state index in [-0.39, 0.29) is 18.5 Å². The van der Waals surface area contributed by atoms with Crippen molar-refractivity contribution < 1.29 is 24.5 Å². The summed E-state index contributed by atoms with van der Waals surface area (Å²) in [4.78, 5) is 24.5. The van der Waals surface area contributed by atoms with Gasteiger partial charge in [-0.2, -0.15) is 0 Å². The molecule has 0 radical (unpaired) electrons. The van der Waals surface area contributed by atoms with Gasteiger partial charge in [0.2, 0.25) is 5.91 Å². The molecular formula is C53H105NO5. The second-order valence-corrected chi connectivity index (χ2v) is 18.6. The topological polar surface area (TPSA) is 95.9 Å². The molecule has 0 aliphatic rings. The normalized spacial score (nSPS) is 12.5. The van der Waals surface area contributed by atoms with Gasteiger partial charge >= 0.3 is 5.97 Å². The van der Waals surface area contributed by atoms with Crippen LogP contribution in [0.4, 0.5) is 0 Å². The number of unbranched alkanes of at least 4 members (excludes halogenated alkanes) is 39. The molecule has 6 nitrogen and oxygen atoms in total. The third-order valence-electron chi connectivity index (χ3n) is 12.7. The fraction of sp³-hybridized carbons (Fsp3) is 0.962. The molecule has 0 aliphatic heterocycles. The summed E-state index contributed by atoms with van der Waals surface area (Å²) in [6, 6.07) is -0.560. The van der Waals surface area contributed by atoms with E-state index >= 15 is 0 Å². The van der Waals surface area contributed by atoms with Crippen molar-refractivity contribution in [2.75, 3.05) is 13.2 Å². The first kappa shape index (κ1) is 57.9. The van der Waals surface area contributed by atoms with Gasteiger partial charge in [-0.15, -0.1) is 0 Å². The van der Waals surface area contributed by atoms with E-state index in [1.807, 2.05) is 0 Å². The lowest BCUT2D eigenvalue weighted by Gasteiger charge is -2.22. The molecule has 0 rings (SSSR count). The van der Waals surface area contributed by atoms with Crippen LogP contribution in [0, 0.1) is 0 Å². The Morgan fingerprint density at radius 3 is 1.03 bits per heavy atom.